The molecule has 0 unspecified atom stereocenters. The average Bonchev–Trinajstić information content (AvgIpc) is 2.13. The zero-order valence-electron chi connectivity index (χ0n) is 9.23. The maximum absolute atomic E-state index is 11.4. The van der Waals surface area contributed by atoms with Crippen LogP contribution in [-0.2, 0) is 18.7 Å². The highest BCUT2D eigenvalue weighted by Gasteiger charge is 2.29. The Kier molecular flexibility index (Phi) is 5.73. The summed E-state index contributed by atoms with van der Waals surface area (Å²) in [6.45, 7) is 2.41. The van der Waals surface area contributed by atoms with E-state index in [1.54, 1.807) is 0 Å². The van der Waals surface area contributed by atoms with Gasteiger partial charge in [-0.2, -0.15) is 0 Å². The lowest BCUT2D eigenvalue weighted by atomic mass is 10.2. The van der Waals surface area contributed by atoms with E-state index in [9.17, 15) is 14.2 Å². The van der Waals surface area contributed by atoms with Crippen LogP contribution in [0.4, 0.5) is 0 Å². The highest BCUT2D eigenvalue weighted by molar-refractivity contribution is 7.46. The Morgan fingerprint density at radius 1 is 1.35 bits per heavy atom. The summed E-state index contributed by atoms with van der Waals surface area (Å²) in [5.74, 6) is -2.13. The first kappa shape index (κ1) is 16.0. The van der Waals surface area contributed by atoms with Gasteiger partial charge in [0.25, 0.3) is 0 Å². The second-order valence-electron chi connectivity index (χ2n) is 3.40. The summed E-state index contributed by atoms with van der Waals surface area (Å²) >= 11 is 0. The van der Waals surface area contributed by atoms with Gasteiger partial charge < -0.3 is 25.9 Å². The molecule has 100 valence electrons. The molecule has 3 atom stereocenters. The van der Waals surface area contributed by atoms with Gasteiger partial charge in [-0.1, -0.05) is 0 Å². The van der Waals surface area contributed by atoms with Crippen molar-refractivity contribution in [1.82, 2.24) is 5.32 Å². The zero-order valence-corrected chi connectivity index (χ0v) is 10.1. The van der Waals surface area contributed by atoms with Gasteiger partial charge in [0, 0.05) is 0 Å². The van der Waals surface area contributed by atoms with Crippen molar-refractivity contribution in [2.45, 2.75) is 32.0 Å². The Labute approximate surface area is 97.2 Å². The number of hydrogen-bond donors (Lipinski definition) is 5. The first-order chi connectivity index (χ1) is 7.54. The van der Waals surface area contributed by atoms with Crippen molar-refractivity contribution < 1.29 is 33.6 Å². The van der Waals surface area contributed by atoms with Crippen LogP contribution in [0.2, 0.25) is 0 Å². The van der Waals surface area contributed by atoms with Crippen molar-refractivity contribution in [3.05, 3.63) is 0 Å². The Balaban J connectivity index is 4.40. The molecule has 0 saturated heterocycles. The van der Waals surface area contributed by atoms with Crippen molar-refractivity contribution in [3.63, 3.8) is 0 Å². The number of carboxylic acids is 1. The number of carbonyl (C=O) groups excluding carboxylic acids is 1. The zero-order chi connectivity index (χ0) is 13.8. The number of hydrogen-bond acceptors (Lipinski definition) is 5. The average molecular weight is 270 g/mol. The van der Waals surface area contributed by atoms with Crippen LogP contribution in [0, 0.1) is 0 Å². The van der Waals surface area contributed by atoms with Gasteiger partial charge in [-0.05, 0) is 13.8 Å². The van der Waals surface area contributed by atoms with Crippen LogP contribution in [0.5, 0.6) is 0 Å². The van der Waals surface area contributed by atoms with Crippen molar-refractivity contribution >= 4 is 19.7 Å². The van der Waals surface area contributed by atoms with Gasteiger partial charge in [0.05, 0.1) is 6.10 Å². The Morgan fingerprint density at radius 3 is 2.18 bits per heavy atom. The lowest BCUT2D eigenvalue weighted by Gasteiger charge is -2.21. The maximum atomic E-state index is 11.4. The molecule has 0 radical (unpaired) electrons. The Morgan fingerprint density at radius 2 is 1.82 bits per heavy atom. The van der Waals surface area contributed by atoms with E-state index in [-0.39, 0.29) is 0 Å². The molecule has 0 saturated carbocycles. The van der Waals surface area contributed by atoms with E-state index in [1.165, 1.54) is 13.8 Å². The van der Waals surface area contributed by atoms with E-state index in [0.717, 1.165) is 0 Å². The highest BCUT2D eigenvalue weighted by Crippen LogP contribution is 2.37. The van der Waals surface area contributed by atoms with Crippen LogP contribution in [-0.4, -0.2) is 45.0 Å². The largest absolute Gasteiger partial charge is 0.480 e. The third-order valence-corrected chi connectivity index (χ3v) is 2.45. The standard InChI is InChI=1S/C7H15N2O7P/c1-3(7(11)12)9-6(10)5(8)4(2)16-17(13,14)15/h3-5H,8H2,1-2H3,(H,9,10)(H,11,12)(H2,13,14,15)/t3-,4+,5-/m0/s1. The van der Waals surface area contributed by atoms with Crippen LogP contribution >= 0.6 is 7.82 Å². The lowest BCUT2D eigenvalue weighted by Crippen LogP contribution is -2.51. The van der Waals surface area contributed by atoms with Crippen LogP contribution in [0.1, 0.15) is 13.8 Å². The third kappa shape index (κ3) is 6.35. The number of phosphoric acid groups is 1. The summed E-state index contributed by atoms with van der Waals surface area (Å²) in [4.78, 5) is 38.8. The molecule has 0 aliphatic carbocycles. The molecule has 0 spiro atoms. The topological polar surface area (TPSA) is 159 Å². The fourth-order valence-electron chi connectivity index (χ4n) is 0.867. The molecular formula is C7H15N2O7P. The van der Waals surface area contributed by atoms with E-state index < -0.39 is 37.9 Å². The smallest absolute Gasteiger partial charge is 0.469 e. The van der Waals surface area contributed by atoms with Crippen molar-refractivity contribution in [2.24, 2.45) is 5.73 Å². The van der Waals surface area contributed by atoms with Gasteiger partial charge in [-0.15, -0.1) is 0 Å². The molecule has 0 bridgehead atoms. The van der Waals surface area contributed by atoms with Gasteiger partial charge in [0.15, 0.2) is 0 Å². The van der Waals surface area contributed by atoms with Crippen LogP contribution in [0.3, 0.4) is 0 Å². The molecule has 9 nitrogen and oxygen atoms in total. The Hall–Kier alpha value is -0.990. The minimum absolute atomic E-state index is 0.874. The lowest BCUT2D eigenvalue weighted by molar-refractivity contribution is -0.141. The number of nitrogens with one attached hydrogen (secondary N) is 1. The quantitative estimate of drug-likeness (QED) is 0.361. The first-order valence-electron chi connectivity index (χ1n) is 4.57. The minimum Gasteiger partial charge on any atom is -0.480 e. The molecular weight excluding hydrogens is 255 g/mol. The molecule has 10 heteroatoms. The van der Waals surface area contributed by atoms with E-state index in [4.69, 9.17) is 20.6 Å². The second kappa shape index (κ2) is 6.08. The Bertz CT molecular complexity index is 341. The fraction of sp³-hybridized carbons (Fsp3) is 0.714. The van der Waals surface area contributed by atoms with Crippen LogP contribution in [0.15, 0.2) is 0 Å². The molecule has 0 aromatic heterocycles. The molecule has 0 aromatic carbocycles. The molecule has 0 aliphatic rings. The molecule has 0 rings (SSSR count). The van der Waals surface area contributed by atoms with Crippen molar-refractivity contribution in [3.8, 4) is 0 Å². The van der Waals surface area contributed by atoms with Gasteiger partial charge in [-0.25, -0.2) is 4.57 Å². The van der Waals surface area contributed by atoms with E-state index in [0.29, 0.717) is 0 Å². The predicted molar refractivity (Wildman–Crippen MR) is 55.8 cm³/mol. The molecule has 0 heterocycles. The normalized spacial score (nSPS) is 17.0. The number of carboxylic acid groups (broad SMARTS) is 1. The summed E-state index contributed by atoms with van der Waals surface area (Å²) in [5, 5.41) is 10.6. The van der Waals surface area contributed by atoms with E-state index in [1.807, 2.05) is 5.32 Å². The molecule has 0 aliphatic heterocycles. The molecule has 0 fully saturated rings. The predicted octanol–water partition coefficient (Wildman–Crippen LogP) is -1.60. The number of amides is 1. The number of phosphoric ester groups is 1. The van der Waals surface area contributed by atoms with Crippen molar-refractivity contribution in [1.29, 1.82) is 0 Å². The number of aliphatic carboxylic acids is 1. The third-order valence-electron chi connectivity index (χ3n) is 1.84. The molecule has 17 heavy (non-hydrogen) atoms. The number of carbonyl (C=O) groups is 2. The maximum Gasteiger partial charge on any atom is 0.469 e. The summed E-state index contributed by atoms with van der Waals surface area (Å²) in [6.07, 6.45) is -1.25. The minimum atomic E-state index is -4.75. The second-order valence-corrected chi connectivity index (χ2v) is 4.59. The molecule has 1 amide bonds. The summed E-state index contributed by atoms with van der Waals surface area (Å²) in [5.41, 5.74) is 5.34. The first-order valence-corrected chi connectivity index (χ1v) is 6.10. The van der Waals surface area contributed by atoms with Crippen LogP contribution < -0.4 is 11.1 Å². The van der Waals surface area contributed by atoms with Gasteiger partial charge >= 0.3 is 13.8 Å². The number of nitrogens with two attached hydrogens (primary N) is 1. The van der Waals surface area contributed by atoms with Crippen LogP contribution in [0.25, 0.3) is 0 Å². The molecule has 6 N–H and O–H groups in total. The summed E-state index contributed by atoms with van der Waals surface area (Å²) in [7, 11) is -4.75. The van der Waals surface area contributed by atoms with Gasteiger partial charge in [-0.3, -0.25) is 14.1 Å². The fourth-order valence-corrected chi connectivity index (χ4v) is 1.43. The highest BCUT2D eigenvalue weighted by atomic mass is 31.2. The monoisotopic (exact) mass is 270 g/mol. The van der Waals surface area contributed by atoms with Gasteiger partial charge in [0.1, 0.15) is 12.1 Å². The molecule has 0 aromatic rings. The summed E-state index contributed by atoms with van der Waals surface area (Å²) in [6, 6.07) is -2.54. The summed E-state index contributed by atoms with van der Waals surface area (Å²) < 4.78 is 14.7. The SMILES string of the molecule is C[C@H](NC(=O)[C@@H](N)[C@@H](C)OP(=O)(O)O)C(=O)O. The van der Waals surface area contributed by atoms with E-state index in [2.05, 4.69) is 4.52 Å². The van der Waals surface area contributed by atoms with Gasteiger partial charge in [0.2, 0.25) is 5.91 Å². The van der Waals surface area contributed by atoms with Crippen molar-refractivity contribution in [2.75, 3.05) is 0 Å². The number of rotatable bonds is 6. The van der Waals surface area contributed by atoms with E-state index >= 15 is 0 Å².